The third kappa shape index (κ3) is 2.13. The van der Waals surface area contributed by atoms with E-state index in [1.54, 1.807) is 35.1 Å². The fourth-order valence-electron chi connectivity index (χ4n) is 2.64. The Morgan fingerprint density at radius 3 is 2.95 bits per heavy atom. The molecule has 3 rings (SSSR count). The summed E-state index contributed by atoms with van der Waals surface area (Å²) in [5.41, 5.74) is 1.25. The predicted octanol–water partition coefficient (Wildman–Crippen LogP) is 1.41. The number of likely N-dealkylation sites (tertiary alicyclic amines) is 1. The fraction of sp³-hybridized carbons (Fsp3) is 0.357. The molecule has 0 saturated carbocycles. The molecule has 20 heavy (non-hydrogen) atoms. The van der Waals surface area contributed by atoms with E-state index >= 15 is 0 Å². The van der Waals surface area contributed by atoms with Crippen molar-refractivity contribution in [2.45, 2.75) is 25.3 Å². The van der Waals surface area contributed by atoms with Crippen molar-refractivity contribution in [3.8, 4) is 0 Å². The Labute approximate surface area is 115 Å². The Balaban J connectivity index is 1.91. The monoisotopic (exact) mass is 273 g/mol. The predicted molar refractivity (Wildman–Crippen MR) is 71.5 cm³/mol. The lowest BCUT2D eigenvalue weighted by Crippen LogP contribution is -2.48. The van der Waals surface area contributed by atoms with Gasteiger partial charge in [-0.1, -0.05) is 0 Å². The fourth-order valence-corrected chi connectivity index (χ4v) is 2.64. The summed E-state index contributed by atoms with van der Waals surface area (Å²) in [4.78, 5) is 29.4. The third-order valence-electron chi connectivity index (χ3n) is 3.68. The van der Waals surface area contributed by atoms with E-state index in [-0.39, 0.29) is 5.91 Å². The Bertz CT molecular complexity index is 664. The summed E-state index contributed by atoms with van der Waals surface area (Å²) in [6.45, 7) is 0.498. The number of carbonyl (C=O) groups excluding carboxylic acids is 1. The first kappa shape index (κ1) is 12.7. The second kappa shape index (κ2) is 4.96. The molecule has 2 aromatic heterocycles. The maximum absolute atomic E-state index is 12.5. The van der Waals surface area contributed by atoms with Crippen molar-refractivity contribution in [3.05, 3.63) is 36.3 Å². The Morgan fingerprint density at radius 2 is 2.15 bits per heavy atom. The molecule has 104 valence electrons. The Hall–Kier alpha value is -2.37. The van der Waals surface area contributed by atoms with E-state index in [4.69, 9.17) is 0 Å². The van der Waals surface area contributed by atoms with E-state index in [0.717, 1.165) is 18.5 Å². The molecule has 1 amide bonds. The number of aliphatic carboxylic acids is 1. The van der Waals surface area contributed by atoms with Crippen LogP contribution in [0.4, 0.5) is 0 Å². The Kier molecular flexibility index (Phi) is 3.14. The number of pyridine rings is 1. The van der Waals surface area contributed by atoms with E-state index in [2.05, 4.69) is 4.98 Å². The van der Waals surface area contributed by atoms with Gasteiger partial charge in [0, 0.05) is 25.1 Å². The lowest BCUT2D eigenvalue weighted by Gasteiger charge is -2.33. The van der Waals surface area contributed by atoms with Crippen LogP contribution in [0.1, 0.15) is 29.6 Å². The molecule has 0 unspecified atom stereocenters. The first-order valence-electron chi connectivity index (χ1n) is 6.63. The minimum absolute atomic E-state index is 0.229. The molecule has 0 aromatic carbocycles. The number of carboxylic acids is 1. The second-order valence-corrected chi connectivity index (χ2v) is 4.96. The minimum atomic E-state index is -0.929. The van der Waals surface area contributed by atoms with E-state index in [9.17, 15) is 14.7 Å². The van der Waals surface area contributed by atoms with Gasteiger partial charge < -0.3 is 14.4 Å². The van der Waals surface area contributed by atoms with Crippen LogP contribution in [0.2, 0.25) is 0 Å². The van der Waals surface area contributed by atoms with Gasteiger partial charge in [0.15, 0.2) is 0 Å². The third-order valence-corrected chi connectivity index (χ3v) is 3.68. The zero-order chi connectivity index (χ0) is 14.1. The molecular formula is C14H15N3O3. The largest absolute Gasteiger partial charge is 0.480 e. The van der Waals surface area contributed by atoms with Crippen LogP contribution in [0, 0.1) is 0 Å². The van der Waals surface area contributed by atoms with E-state index in [1.165, 1.54) is 4.90 Å². The number of carbonyl (C=O) groups is 2. The van der Waals surface area contributed by atoms with Crippen LogP contribution in [0.5, 0.6) is 0 Å². The van der Waals surface area contributed by atoms with Gasteiger partial charge in [-0.15, -0.1) is 0 Å². The normalized spacial score (nSPS) is 19.2. The van der Waals surface area contributed by atoms with Crippen molar-refractivity contribution < 1.29 is 14.7 Å². The number of aromatic nitrogens is 2. The molecular weight excluding hydrogens is 258 g/mol. The molecule has 1 N–H and O–H groups in total. The lowest BCUT2D eigenvalue weighted by molar-refractivity contribution is -0.143. The molecule has 1 saturated heterocycles. The zero-order valence-electron chi connectivity index (χ0n) is 10.9. The summed E-state index contributed by atoms with van der Waals surface area (Å²) in [5.74, 6) is -1.16. The maximum atomic E-state index is 12.5. The van der Waals surface area contributed by atoms with Crippen LogP contribution in [0.25, 0.3) is 5.65 Å². The van der Waals surface area contributed by atoms with E-state index < -0.39 is 12.0 Å². The van der Waals surface area contributed by atoms with Crippen LogP contribution in [0.3, 0.4) is 0 Å². The lowest BCUT2D eigenvalue weighted by atomic mass is 10.0. The number of piperidine rings is 1. The van der Waals surface area contributed by atoms with Crippen molar-refractivity contribution in [3.63, 3.8) is 0 Å². The number of nitrogens with zero attached hydrogens (tertiary/aromatic N) is 3. The molecule has 1 atom stereocenters. The van der Waals surface area contributed by atoms with Crippen molar-refractivity contribution in [1.82, 2.24) is 14.3 Å². The highest BCUT2D eigenvalue weighted by Gasteiger charge is 2.32. The van der Waals surface area contributed by atoms with E-state index in [0.29, 0.717) is 18.5 Å². The summed E-state index contributed by atoms with van der Waals surface area (Å²) in [5, 5.41) is 9.23. The zero-order valence-corrected chi connectivity index (χ0v) is 10.9. The molecule has 0 spiro atoms. The number of rotatable bonds is 2. The van der Waals surface area contributed by atoms with Crippen LogP contribution >= 0.6 is 0 Å². The van der Waals surface area contributed by atoms with Gasteiger partial charge in [0.2, 0.25) is 0 Å². The van der Waals surface area contributed by atoms with Crippen LogP contribution in [-0.4, -0.2) is 43.9 Å². The van der Waals surface area contributed by atoms with Crippen molar-refractivity contribution >= 4 is 17.5 Å². The molecule has 6 heteroatoms. The highest BCUT2D eigenvalue weighted by Crippen LogP contribution is 2.20. The van der Waals surface area contributed by atoms with Crippen LogP contribution < -0.4 is 0 Å². The summed E-state index contributed by atoms with van der Waals surface area (Å²) in [7, 11) is 0. The van der Waals surface area contributed by atoms with Gasteiger partial charge in [0.05, 0.1) is 5.56 Å². The van der Waals surface area contributed by atoms with Gasteiger partial charge in [-0.2, -0.15) is 0 Å². The Morgan fingerprint density at radius 1 is 1.30 bits per heavy atom. The number of hydrogen-bond acceptors (Lipinski definition) is 3. The quantitative estimate of drug-likeness (QED) is 0.897. The SMILES string of the molecule is O=C(O)[C@@H]1CCCCN1C(=O)c1ccc2nccn2c1. The number of carboxylic acid groups (broad SMARTS) is 1. The molecule has 1 fully saturated rings. The minimum Gasteiger partial charge on any atom is -0.480 e. The second-order valence-electron chi connectivity index (χ2n) is 4.96. The molecule has 1 aliphatic heterocycles. The van der Waals surface area contributed by atoms with Crippen molar-refractivity contribution in [2.75, 3.05) is 6.54 Å². The van der Waals surface area contributed by atoms with E-state index in [1.807, 2.05) is 0 Å². The first-order chi connectivity index (χ1) is 9.66. The van der Waals surface area contributed by atoms with Gasteiger partial charge in [-0.05, 0) is 31.4 Å². The summed E-state index contributed by atoms with van der Waals surface area (Å²) in [6.07, 6.45) is 7.33. The number of hydrogen-bond donors (Lipinski definition) is 1. The highest BCUT2D eigenvalue weighted by atomic mass is 16.4. The molecule has 1 aliphatic rings. The topological polar surface area (TPSA) is 74.9 Å². The van der Waals surface area contributed by atoms with Crippen molar-refractivity contribution in [2.24, 2.45) is 0 Å². The number of fused-ring (bicyclic) bond motifs is 1. The summed E-state index contributed by atoms with van der Waals surface area (Å²) >= 11 is 0. The smallest absolute Gasteiger partial charge is 0.326 e. The average Bonchev–Trinajstić information content (AvgIpc) is 2.93. The highest BCUT2D eigenvalue weighted by molar-refractivity contribution is 5.96. The van der Waals surface area contributed by atoms with Gasteiger partial charge >= 0.3 is 5.97 Å². The number of imidazole rings is 1. The number of amides is 1. The summed E-state index contributed by atoms with van der Waals surface area (Å²) < 4.78 is 1.76. The van der Waals surface area contributed by atoms with Gasteiger partial charge in [0.1, 0.15) is 11.7 Å². The van der Waals surface area contributed by atoms with Gasteiger partial charge in [0.25, 0.3) is 5.91 Å². The molecule has 0 bridgehead atoms. The average molecular weight is 273 g/mol. The molecule has 2 aromatic rings. The summed E-state index contributed by atoms with van der Waals surface area (Å²) in [6, 6.07) is 2.74. The molecule has 0 radical (unpaired) electrons. The van der Waals surface area contributed by atoms with Crippen LogP contribution in [-0.2, 0) is 4.79 Å². The molecule has 6 nitrogen and oxygen atoms in total. The first-order valence-corrected chi connectivity index (χ1v) is 6.63. The van der Waals surface area contributed by atoms with Gasteiger partial charge in [-0.25, -0.2) is 9.78 Å². The standard InChI is InChI=1S/C14H15N3O3/c18-13(17-7-2-1-3-11(17)14(19)20)10-4-5-12-15-6-8-16(12)9-10/h4-6,8-9,11H,1-3,7H2,(H,19,20)/t11-/m0/s1. The maximum Gasteiger partial charge on any atom is 0.326 e. The molecule has 0 aliphatic carbocycles. The molecule has 3 heterocycles. The van der Waals surface area contributed by atoms with Crippen molar-refractivity contribution in [1.29, 1.82) is 0 Å². The van der Waals surface area contributed by atoms with Crippen LogP contribution in [0.15, 0.2) is 30.7 Å². The van der Waals surface area contributed by atoms with Gasteiger partial charge in [-0.3, -0.25) is 4.79 Å².